The summed E-state index contributed by atoms with van der Waals surface area (Å²) in [5.74, 6) is 0.705. The van der Waals surface area contributed by atoms with Crippen LogP contribution < -0.4 is 0 Å². The van der Waals surface area contributed by atoms with Crippen LogP contribution in [-0.4, -0.2) is 19.5 Å². The Bertz CT molecular complexity index is 1100. The fraction of sp³-hybridized carbons (Fsp3) is 0. The molecule has 0 atom stereocenters. The highest BCUT2D eigenvalue weighted by molar-refractivity contribution is 7.14. The van der Waals surface area contributed by atoms with Gasteiger partial charge >= 0.3 is 0 Å². The molecule has 5 rings (SSSR count). The molecule has 24 heavy (non-hydrogen) atoms. The van der Waals surface area contributed by atoms with Crippen molar-refractivity contribution in [3.05, 3.63) is 72.6 Å². The SMILES string of the molecule is c1ccc2c(c1)c1ccccc1n2-c1ccsc1-c1ncncn1. The van der Waals surface area contributed by atoms with Crippen LogP contribution in [0.25, 0.3) is 38.2 Å². The average molecular weight is 328 g/mol. The van der Waals surface area contributed by atoms with Gasteiger partial charge in [0, 0.05) is 10.8 Å². The van der Waals surface area contributed by atoms with E-state index in [-0.39, 0.29) is 0 Å². The fourth-order valence-electron chi connectivity index (χ4n) is 3.18. The lowest BCUT2D eigenvalue weighted by atomic mass is 10.2. The summed E-state index contributed by atoms with van der Waals surface area (Å²) < 4.78 is 2.29. The van der Waals surface area contributed by atoms with Crippen LogP contribution in [0.2, 0.25) is 0 Å². The van der Waals surface area contributed by atoms with E-state index in [1.807, 2.05) is 0 Å². The second kappa shape index (κ2) is 5.25. The van der Waals surface area contributed by atoms with Crippen LogP contribution in [0.15, 0.2) is 72.6 Å². The molecule has 0 aliphatic carbocycles. The highest BCUT2D eigenvalue weighted by Gasteiger charge is 2.16. The maximum Gasteiger partial charge on any atom is 0.174 e. The Balaban J connectivity index is 1.89. The summed E-state index contributed by atoms with van der Waals surface area (Å²) in [5, 5.41) is 4.58. The molecule has 5 aromatic rings. The summed E-state index contributed by atoms with van der Waals surface area (Å²) in [5.41, 5.74) is 3.48. The van der Waals surface area contributed by atoms with Crippen LogP contribution in [0, 0.1) is 0 Å². The van der Waals surface area contributed by atoms with E-state index in [1.54, 1.807) is 11.3 Å². The van der Waals surface area contributed by atoms with Crippen LogP contribution in [-0.2, 0) is 0 Å². The van der Waals surface area contributed by atoms with E-state index in [9.17, 15) is 0 Å². The first-order valence-corrected chi connectivity index (χ1v) is 8.50. The van der Waals surface area contributed by atoms with Crippen molar-refractivity contribution in [1.82, 2.24) is 19.5 Å². The average Bonchev–Trinajstić information content (AvgIpc) is 3.24. The summed E-state index contributed by atoms with van der Waals surface area (Å²) in [4.78, 5) is 13.6. The van der Waals surface area contributed by atoms with Gasteiger partial charge in [0.05, 0.1) is 21.6 Å². The predicted molar refractivity (Wildman–Crippen MR) is 97.5 cm³/mol. The van der Waals surface area contributed by atoms with Gasteiger partial charge in [-0.15, -0.1) is 11.3 Å². The zero-order chi connectivity index (χ0) is 15.9. The number of fused-ring (bicyclic) bond motifs is 3. The number of para-hydroxylation sites is 2. The summed E-state index contributed by atoms with van der Waals surface area (Å²) in [6.45, 7) is 0. The van der Waals surface area contributed by atoms with E-state index < -0.39 is 0 Å². The van der Waals surface area contributed by atoms with Gasteiger partial charge in [0.2, 0.25) is 0 Å². The maximum absolute atomic E-state index is 4.33. The number of benzene rings is 2. The highest BCUT2D eigenvalue weighted by atomic mass is 32.1. The summed E-state index contributed by atoms with van der Waals surface area (Å²) in [6, 6.07) is 19.1. The molecule has 0 spiro atoms. The number of nitrogens with zero attached hydrogens (tertiary/aromatic N) is 4. The standard InChI is InChI=1S/C19H12N4S/c1-3-7-15-13(5-1)14-6-2-4-8-16(14)23(15)17-9-10-24-18(17)19-21-11-20-12-22-19/h1-12H. The van der Waals surface area contributed by atoms with Gasteiger partial charge < -0.3 is 4.57 Å². The smallest absolute Gasteiger partial charge is 0.174 e. The Morgan fingerprint density at radius 3 is 2.04 bits per heavy atom. The van der Waals surface area contributed by atoms with Gasteiger partial charge in [0.1, 0.15) is 12.7 Å². The zero-order valence-electron chi connectivity index (χ0n) is 12.6. The van der Waals surface area contributed by atoms with Crippen LogP contribution >= 0.6 is 11.3 Å². The first-order chi connectivity index (χ1) is 11.9. The van der Waals surface area contributed by atoms with Crippen molar-refractivity contribution in [2.24, 2.45) is 0 Å². The second-order valence-electron chi connectivity index (χ2n) is 5.47. The largest absolute Gasteiger partial charge is 0.308 e. The molecule has 0 unspecified atom stereocenters. The molecule has 114 valence electrons. The first kappa shape index (κ1) is 13.4. The molecule has 0 saturated heterocycles. The van der Waals surface area contributed by atoms with Crippen LogP contribution in [0.5, 0.6) is 0 Å². The third kappa shape index (κ3) is 1.88. The van der Waals surface area contributed by atoms with E-state index in [1.165, 1.54) is 34.5 Å². The minimum Gasteiger partial charge on any atom is -0.308 e. The fourth-order valence-corrected chi connectivity index (χ4v) is 4.01. The molecule has 3 aromatic heterocycles. The highest BCUT2D eigenvalue weighted by Crippen LogP contribution is 2.37. The van der Waals surface area contributed by atoms with Crippen LogP contribution in [0.3, 0.4) is 0 Å². The topological polar surface area (TPSA) is 43.6 Å². The molecule has 0 amide bonds. The summed E-state index contributed by atoms with van der Waals surface area (Å²) in [6.07, 6.45) is 3.08. The summed E-state index contributed by atoms with van der Waals surface area (Å²) in [7, 11) is 0. The van der Waals surface area contributed by atoms with Gasteiger partial charge in [-0.05, 0) is 23.6 Å². The van der Waals surface area contributed by atoms with Gasteiger partial charge in [-0.2, -0.15) is 0 Å². The molecule has 0 aliphatic rings. The normalized spacial score (nSPS) is 11.3. The zero-order valence-corrected chi connectivity index (χ0v) is 13.4. The Hall–Kier alpha value is -3.05. The number of thiophene rings is 1. The number of aromatic nitrogens is 4. The Morgan fingerprint density at radius 2 is 1.38 bits per heavy atom. The van der Waals surface area contributed by atoms with Gasteiger partial charge in [-0.3, -0.25) is 0 Å². The molecule has 3 heterocycles. The van der Waals surface area contributed by atoms with Crippen molar-refractivity contribution in [3.63, 3.8) is 0 Å². The lowest BCUT2D eigenvalue weighted by Gasteiger charge is -2.08. The Kier molecular flexibility index (Phi) is 2.93. The number of hydrogen-bond donors (Lipinski definition) is 0. The van der Waals surface area contributed by atoms with E-state index >= 15 is 0 Å². The minimum absolute atomic E-state index is 0.705. The van der Waals surface area contributed by atoms with Gasteiger partial charge in [-0.25, -0.2) is 15.0 Å². The molecule has 0 fully saturated rings. The van der Waals surface area contributed by atoms with Crippen LogP contribution in [0.1, 0.15) is 0 Å². The first-order valence-electron chi connectivity index (χ1n) is 7.62. The molecular formula is C19H12N4S. The van der Waals surface area contributed by atoms with Gasteiger partial charge in [0.25, 0.3) is 0 Å². The van der Waals surface area contributed by atoms with Crippen molar-refractivity contribution in [3.8, 4) is 16.4 Å². The molecule has 2 aromatic carbocycles. The molecule has 0 radical (unpaired) electrons. The van der Waals surface area contributed by atoms with Crippen LogP contribution in [0.4, 0.5) is 0 Å². The van der Waals surface area contributed by atoms with Crippen molar-refractivity contribution in [2.45, 2.75) is 0 Å². The predicted octanol–water partition coefficient (Wildman–Crippen LogP) is 4.70. The molecule has 0 saturated carbocycles. The lowest BCUT2D eigenvalue weighted by molar-refractivity contribution is 1.05. The summed E-state index contributed by atoms with van der Waals surface area (Å²) >= 11 is 1.64. The number of hydrogen-bond acceptors (Lipinski definition) is 4. The quantitative estimate of drug-likeness (QED) is 0.472. The minimum atomic E-state index is 0.705. The van der Waals surface area contributed by atoms with Crippen molar-refractivity contribution < 1.29 is 0 Å². The van der Waals surface area contributed by atoms with E-state index in [2.05, 4.69) is 79.5 Å². The molecule has 4 nitrogen and oxygen atoms in total. The van der Waals surface area contributed by atoms with Gasteiger partial charge in [-0.1, -0.05) is 36.4 Å². The molecule has 0 bridgehead atoms. The second-order valence-corrected chi connectivity index (χ2v) is 6.38. The number of rotatable bonds is 2. The van der Waals surface area contributed by atoms with Gasteiger partial charge in [0.15, 0.2) is 5.82 Å². The molecule has 0 aliphatic heterocycles. The van der Waals surface area contributed by atoms with Crippen molar-refractivity contribution in [1.29, 1.82) is 0 Å². The van der Waals surface area contributed by atoms with E-state index in [4.69, 9.17) is 0 Å². The lowest BCUT2D eigenvalue weighted by Crippen LogP contribution is -1.96. The maximum atomic E-state index is 4.33. The Morgan fingerprint density at radius 1 is 0.750 bits per heavy atom. The van der Waals surface area contributed by atoms with Crippen molar-refractivity contribution >= 4 is 33.1 Å². The monoisotopic (exact) mass is 328 g/mol. The van der Waals surface area contributed by atoms with E-state index in [0.29, 0.717) is 5.82 Å². The molecule has 0 N–H and O–H groups in total. The Labute approximate surface area is 142 Å². The molecule has 5 heteroatoms. The third-order valence-corrected chi connectivity index (χ3v) is 5.06. The van der Waals surface area contributed by atoms with Crippen molar-refractivity contribution in [2.75, 3.05) is 0 Å². The van der Waals surface area contributed by atoms with E-state index in [0.717, 1.165) is 10.6 Å². The molecular weight excluding hydrogens is 316 g/mol. The third-order valence-electron chi connectivity index (χ3n) is 4.16.